The number of nitrogens with zero attached hydrogens (tertiary/aromatic N) is 8. The van der Waals surface area contributed by atoms with Gasteiger partial charge in [0.25, 0.3) is 0 Å². The van der Waals surface area contributed by atoms with Gasteiger partial charge in [0, 0.05) is 5.02 Å². The van der Waals surface area contributed by atoms with Crippen LogP contribution in [0.3, 0.4) is 0 Å². The van der Waals surface area contributed by atoms with Crippen LogP contribution in [0.4, 0.5) is 13.2 Å². The molecule has 0 amide bonds. The van der Waals surface area contributed by atoms with E-state index >= 15 is 0 Å². The Bertz CT molecular complexity index is 1210. The third kappa shape index (κ3) is 4.32. The molecular formula is C17H12ClF3N8OS. The van der Waals surface area contributed by atoms with E-state index in [1.165, 1.54) is 23.9 Å². The average molecular weight is 469 g/mol. The van der Waals surface area contributed by atoms with Crippen LogP contribution in [0.25, 0.3) is 11.4 Å². The van der Waals surface area contributed by atoms with Crippen molar-refractivity contribution in [1.82, 2.24) is 40.4 Å². The molecule has 0 aliphatic heterocycles. The lowest BCUT2D eigenvalue weighted by Crippen LogP contribution is -2.13. The number of alkyl halides is 3. The summed E-state index contributed by atoms with van der Waals surface area (Å²) in [6.07, 6.45) is -4.63. The molecule has 0 fully saturated rings. The number of para-hydroxylation sites is 2. The molecule has 4 rings (SSSR count). The van der Waals surface area contributed by atoms with E-state index in [4.69, 9.17) is 16.3 Å². The minimum absolute atomic E-state index is 0.0453. The molecule has 0 spiro atoms. The zero-order valence-electron chi connectivity index (χ0n) is 15.7. The fourth-order valence-electron chi connectivity index (χ4n) is 2.76. The summed E-state index contributed by atoms with van der Waals surface area (Å²) in [7, 11) is 1.52. The standard InChI is InChI=1S/C17H12ClF3N8OS/c1-30-14-5-3-2-4-13(14)29-16(23-25-27-29)31-9-15-22-24-26-28(15)12-7-6-10(18)8-11(12)17(19,20)21/h2-8H,9H2,1H3. The van der Waals surface area contributed by atoms with Crippen molar-refractivity contribution >= 4 is 23.4 Å². The van der Waals surface area contributed by atoms with E-state index in [0.29, 0.717) is 16.6 Å². The van der Waals surface area contributed by atoms with Crippen molar-refractivity contribution in [2.24, 2.45) is 0 Å². The number of tetrazole rings is 2. The summed E-state index contributed by atoms with van der Waals surface area (Å²) in [6.45, 7) is 0. The maximum atomic E-state index is 13.5. The molecule has 0 bridgehead atoms. The molecule has 2 aromatic carbocycles. The first kappa shape index (κ1) is 21.1. The van der Waals surface area contributed by atoms with Crippen molar-refractivity contribution < 1.29 is 17.9 Å². The highest BCUT2D eigenvalue weighted by Gasteiger charge is 2.35. The fraction of sp³-hybridized carbons (Fsp3) is 0.176. The van der Waals surface area contributed by atoms with Gasteiger partial charge in [0.15, 0.2) is 5.82 Å². The molecule has 0 atom stereocenters. The second kappa shape index (κ2) is 8.51. The lowest BCUT2D eigenvalue weighted by molar-refractivity contribution is -0.137. The summed E-state index contributed by atoms with van der Waals surface area (Å²) in [4.78, 5) is 0. The van der Waals surface area contributed by atoms with Gasteiger partial charge in [-0.25, -0.2) is 0 Å². The van der Waals surface area contributed by atoms with Crippen molar-refractivity contribution in [3.8, 4) is 17.1 Å². The maximum absolute atomic E-state index is 13.5. The van der Waals surface area contributed by atoms with Gasteiger partial charge >= 0.3 is 6.18 Å². The van der Waals surface area contributed by atoms with Gasteiger partial charge in [-0.3, -0.25) is 0 Å². The van der Waals surface area contributed by atoms with Gasteiger partial charge < -0.3 is 4.74 Å². The first-order valence-corrected chi connectivity index (χ1v) is 9.94. The number of hydrogen-bond acceptors (Lipinski definition) is 8. The summed E-state index contributed by atoms with van der Waals surface area (Å²) in [6, 6.07) is 10.5. The molecule has 0 unspecified atom stereocenters. The molecule has 0 N–H and O–H groups in total. The Kier molecular flexibility index (Phi) is 5.78. The number of thioether (sulfide) groups is 1. The second-order valence-corrected chi connectivity index (χ2v) is 7.38. The third-order valence-corrected chi connectivity index (χ3v) is 5.26. The van der Waals surface area contributed by atoms with Gasteiger partial charge in [0.1, 0.15) is 11.4 Å². The van der Waals surface area contributed by atoms with Crippen molar-refractivity contribution in [3.05, 3.63) is 58.9 Å². The number of benzene rings is 2. The van der Waals surface area contributed by atoms with Gasteiger partial charge in [-0.05, 0) is 51.2 Å². The van der Waals surface area contributed by atoms with E-state index in [9.17, 15) is 13.2 Å². The molecule has 2 aromatic heterocycles. The van der Waals surface area contributed by atoms with Crippen LogP contribution in [0.5, 0.6) is 5.75 Å². The van der Waals surface area contributed by atoms with E-state index in [1.807, 2.05) is 0 Å². The highest BCUT2D eigenvalue weighted by Crippen LogP contribution is 2.36. The summed E-state index contributed by atoms with van der Waals surface area (Å²) < 4.78 is 48.3. The van der Waals surface area contributed by atoms with Crippen LogP contribution in [0.2, 0.25) is 5.02 Å². The Morgan fingerprint density at radius 3 is 2.52 bits per heavy atom. The molecule has 14 heteroatoms. The first-order valence-electron chi connectivity index (χ1n) is 8.57. The van der Waals surface area contributed by atoms with Gasteiger partial charge in [0.05, 0.1) is 24.1 Å². The van der Waals surface area contributed by atoms with Crippen molar-refractivity contribution in [3.63, 3.8) is 0 Å². The van der Waals surface area contributed by atoms with Crippen LogP contribution < -0.4 is 4.74 Å². The average Bonchev–Trinajstić information content (AvgIpc) is 3.40. The van der Waals surface area contributed by atoms with Crippen LogP contribution in [-0.2, 0) is 11.9 Å². The predicted octanol–water partition coefficient (Wildman–Crippen LogP) is 3.61. The van der Waals surface area contributed by atoms with Crippen molar-refractivity contribution in [2.75, 3.05) is 7.11 Å². The highest BCUT2D eigenvalue weighted by atomic mass is 35.5. The second-order valence-electron chi connectivity index (χ2n) is 6.00. The van der Waals surface area contributed by atoms with Crippen molar-refractivity contribution in [2.45, 2.75) is 17.1 Å². The Hall–Kier alpha value is -3.19. The number of halogens is 4. The molecule has 0 aliphatic rings. The van der Waals surface area contributed by atoms with Gasteiger partial charge in [-0.2, -0.15) is 22.5 Å². The molecule has 0 saturated heterocycles. The van der Waals surface area contributed by atoms with Crippen molar-refractivity contribution in [1.29, 1.82) is 0 Å². The molecule has 4 aromatic rings. The Labute approximate surface area is 182 Å². The van der Waals surface area contributed by atoms with E-state index in [1.54, 1.807) is 24.3 Å². The Morgan fingerprint density at radius 2 is 1.74 bits per heavy atom. The highest BCUT2D eigenvalue weighted by molar-refractivity contribution is 7.98. The topological polar surface area (TPSA) is 96.4 Å². The molecule has 0 aliphatic carbocycles. The number of hydrogen-bond donors (Lipinski definition) is 0. The van der Waals surface area contributed by atoms with Gasteiger partial charge in [-0.15, -0.1) is 10.2 Å². The normalized spacial score (nSPS) is 11.6. The zero-order valence-corrected chi connectivity index (χ0v) is 17.2. The van der Waals surface area contributed by atoms with Gasteiger partial charge in [0.2, 0.25) is 5.16 Å². The summed E-state index contributed by atoms with van der Waals surface area (Å²) in [5, 5.41) is 23.0. The fourth-order valence-corrected chi connectivity index (χ4v) is 3.72. The van der Waals surface area contributed by atoms with Crippen LogP contribution in [0.1, 0.15) is 11.4 Å². The van der Waals surface area contributed by atoms with E-state index in [2.05, 4.69) is 31.1 Å². The molecule has 31 heavy (non-hydrogen) atoms. The largest absolute Gasteiger partial charge is 0.494 e. The number of aromatic nitrogens is 8. The summed E-state index contributed by atoms with van der Waals surface area (Å²) in [5.74, 6) is 0.826. The molecule has 160 valence electrons. The number of ether oxygens (including phenoxy) is 1. The lowest BCUT2D eigenvalue weighted by Gasteiger charge is -2.13. The maximum Gasteiger partial charge on any atom is 0.418 e. The van der Waals surface area contributed by atoms with Crippen LogP contribution in [0.15, 0.2) is 47.6 Å². The molecular weight excluding hydrogens is 457 g/mol. The van der Waals surface area contributed by atoms with Crippen LogP contribution in [-0.4, -0.2) is 47.5 Å². The predicted molar refractivity (Wildman–Crippen MR) is 104 cm³/mol. The quantitative estimate of drug-likeness (QED) is 0.396. The first-order chi connectivity index (χ1) is 14.9. The third-order valence-electron chi connectivity index (χ3n) is 4.11. The van der Waals surface area contributed by atoms with Crippen LogP contribution >= 0.6 is 23.4 Å². The minimum atomic E-state index is -4.63. The number of rotatable bonds is 6. The van der Waals surface area contributed by atoms with Crippen LogP contribution in [0, 0.1) is 0 Å². The van der Waals surface area contributed by atoms with E-state index < -0.39 is 11.7 Å². The molecule has 9 nitrogen and oxygen atoms in total. The van der Waals surface area contributed by atoms with E-state index in [0.717, 1.165) is 22.5 Å². The van der Waals surface area contributed by atoms with Gasteiger partial charge in [-0.1, -0.05) is 35.5 Å². The molecule has 0 radical (unpaired) electrons. The molecule has 2 heterocycles. The lowest BCUT2D eigenvalue weighted by atomic mass is 10.1. The smallest absolute Gasteiger partial charge is 0.418 e. The number of methoxy groups -OCH3 is 1. The monoisotopic (exact) mass is 468 g/mol. The summed E-state index contributed by atoms with van der Waals surface area (Å²) in [5.41, 5.74) is -0.576. The zero-order chi connectivity index (χ0) is 22.0. The Balaban J connectivity index is 1.64. The molecule has 0 saturated carbocycles. The Morgan fingerprint density at radius 1 is 1.00 bits per heavy atom. The summed E-state index contributed by atoms with van der Waals surface area (Å²) >= 11 is 6.90. The van der Waals surface area contributed by atoms with E-state index in [-0.39, 0.29) is 22.3 Å². The SMILES string of the molecule is COc1ccccc1-n1nnnc1SCc1nnnn1-c1ccc(Cl)cc1C(F)(F)F. The minimum Gasteiger partial charge on any atom is -0.494 e.